The SMILES string of the molecule is Nc1sc(-c2cc(C(F)(F)F)cc(C(F)(F)F)c2)cc1C(=O)c1ccc(Cl)cc1. The Labute approximate surface area is 169 Å². The molecule has 0 aliphatic carbocycles. The van der Waals surface area contributed by atoms with E-state index in [0.29, 0.717) is 17.2 Å². The number of rotatable bonds is 3. The van der Waals surface area contributed by atoms with E-state index in [1.54, 1.807) is 0 Å². The van der Waals surface area contributed by atoms with Crippen molar-refractivity contribution in [2.24, 2.45) is 0 Å². The van der Waals surface area contributed by atoms with Crippen molar-refractivity contribution in [3.63, 3.8) is 0 Å². The van der Waals surface area contributed by atoms with Crippen molar-refractivity contribution in [1.82, 2.24) is 0 Å². The minimum Gasteiger partial charge on any atom is -0.390 e. The van der Waals surface area contributed by atoms with Crippen LogP contribution in [-0.2, 0) is 12.4 Å². The summed E-state index contributed by atoms with van der Waals surface area (Å²) in [5, 5.41) is 0.370. The molecule has 0 fully saturated rings. The molecule has 0 aliphatic rings. The lowest BCUT2D eigenvalue weighted by atomic mass is 10.0. The third kappa shape index (κ3) is 4.56. The van der Waals surface area contributed by atoms with Gasteiger partial charge >= 0.3 is 12.4 Å². The number of hydrogen-bond donors (Lipinski definition) is 1. The van der Waals surface area contributed by atoms with E-state index in [1.807, 2.05) is 0 Å². The lowest BCUT2D eigenvalue weighted by Gasteiger charge is -2.13. The van der Waals surface area contributed by atoms with E-state index >= 15 is 0 Å². The average Bonchev–Trinajstić information content (AvgIpc) is 3.02. The highest BCUT2D eigenvalue weighted by Crippen LogP contribution is 2.41. The van der Waals surface area contributed by atoms with Crippen LogP contribution in [0.25, 0.3) is 10.4 Å². The molecule has 0 amide bonds. The van der Waals surface area contributed by atoms with Crippen molar-refractivity contribution in [3.05, 3.63) is 75.8 Å². The van der Waals surface area contributed by atoms with Gasteiger partial charge in [-0.1, -0.05) is 11.6 Å². The molecular weight excluding hydrogens is 440 g/mol. The van der Waals surface area contributed by atoms with Crippen LogP contribution in [0, 0.1) is 0 Å². The van der Waals surface area contributed by atoms with Crippen LogP contribution in [0.5, 0.6) is 0 Å². The monoisotopic (exact) mass is 449 g/mol. The molecular formula is C19H10ClF6NOS. The average molecular weight is 450 g/mol. The molecule has 0 saturated carbocycles. The largest absolute Gasteiger partial charge is 0.416 e. The third-order valence-corrected chi connectivity index (χ3v) is 5.25. The fourth-order valence-electron chi connectivity index (χ4n) is 2.58. The molecule has 3 aromatic rings. The second-order valence-electron chi connectivity index (χ2n) is 6.02. The Morgan fingerprint density at radius 2 is 1.38 bits per heavy atom. The van der Waals surface area contributed by atoms with Gasteiger partial charge in [0.2, 0.25) is 0 Å². The van der Waals surface area contributed by atoms with Gasteiger partial charge in [-0.05, 0) is 54.1 Å². The van der Waals surface area contributed by atoms with Gasteiger partial charge in [0.25, 0.3) is 0 Å². The Morgan fingerprint density at radius 3 is 1.86 bits per heavy atom. The van der Waals surface area contributed by atoms with E-state index in [0.717, 1.165) is 11.3 Å². The first-order chi connectivity index (χ1) is 13.4. The molecule has 10 heteroatoms. The normalized spacial score (nSPS) is 12.2. The number of ketones is 1. The molecule has 2 nitrogen and oxygen atoms in total. The minimum absolute atomic E-state index is 0.0106. The second-order valence-corrected chi connectivity index (χ2v) is 7.54. The van der Waals surface area contributed by atoms with Gasteiger partial charge in [0, 0.05) is 15.5 Å². The predicted octanol–water partition coefficient (Wildman–Crippen LogP) is 6.92. The zero-order valence-corrected chi connectivity index (χ0v) is 15.7. The van der Waals surface area contributed by atoms with Gasteiger partial charge in [-0.15, -0.1) is 11.3 Å². The number of anilines is 1. The van der Waals surface area contributed by atoms with Crippen LogP contribution in [0.4, 0.5) is 31.3 Å². The number of benzene rings is 2. The maximum Gasteiger partial charge on any atom is 0.416 e. The van der Waals surface area contributed by atoms with E-state index < -0.39 is 29.3 Å². The molecule has 0 spiro atoms. The van der Waals surface area contributed by atoms with Crippen molar-refractivity contribution >= 4 is 33.7 Å². The standard InChI is InChI=1S/C19H10ClF6NOS/c20-13-3-1-9(2-4-13)16(28)14-8-15(29-17(14)27)10-5-11(18(21,22)23)7-12(6-10)19(24,25)26/h1-8H,27H2. The van der Waals surface area contributed by atoms with E-state index in [9.17, 15) is 31.1 Å². The summed E-state index contributed by atoms with van der Waals surface area (Å²) >= 11 is 6.49. The highest BCUT2D eigenvalue weighted by atomic mass is 35.5. The maximum absolute atomic E-state index is 13.1. The maximum atomic E-state index is 13.1. The van der Waals surface area contributed by atoms with E-state index in [1.165, 1.54) is 30.3 Å². The summed E-state index contributed by atoms with van der Waals surface area (Å²) in [4.78, 5) is 12.6. The molecule has 0 saturated heterocycles. The Hall–Kier alpha value is -2.52. The number of hydrogen-bond acceptors (Lipinski definition) is 3. The summed E-state index contributed by atoms with van der Waals surface area (Å²) in [6, 6.07) is 8.24. The molecule has 0 atom stereocenters. The summed E-state index contributed by atoms with van der Waals surface area (Å²) in [7, 11) is 0. The molecule has 152 valence electrons. The van der Waals surface area contributed by atoms with Crippen LogP contribution < -0.4 is 5.73 Å². The molecule has 3 rings (SSSR count). The zero-order valence-electron chi connectivity index (χ0n) is 14.2. The molecule has 0 unspecified atom stereocenters. The van der Waals surface area contributed by atoms with E-state index in [4.69, 9.17) is 17.3 Å². The number of alkyl halides is 6. The Kier molecular flexibility index (Phi) is 5.40. The van der Waals surface area contributed by atoms with Crippen LogP contribution >= 0.6 is 22.9 Å². The molecule has 0 radical (unpaired) electrons. The van der Waals surface area contributed by atoms with Gasteiger partial charge in [-0.3, -0.25) is 4.79 Å². The number of nitrogen functional groups attached to an aromatic ring is 1. The summed E-state index contributed by atoms with van der Waals surface area (Å²) in [6.07, 6.45) is -9.94. The van der Waals surface area contributed by atoms with Crippen LogP contribution in [0.1, 0.15) is 27.0 Å². The first kappa shape index (κ1) is 21.2. The number of carbonyl (C=O) groups is 1. The van der Waals surface area contributed by atoms with E-state index in [2.05, 4.69) is 0 Å². The Morgan fingerprint density at radius 1 is 0.862 bits per heavy atom. The molecule has 0 bridgehead atoms. The van der Waals surface area contributed by atoms with E-state index in [-0.39, 0.29) is 32.6 Å². The first-order valence-electron chi connectivity index (χ1n) is 7.85. The Bertz CT molecular complexity index is 1040. The number of halogens is 7. The summed E-state index contributed by atoms with van der Waals surface area (Å²) in [5.74, 6) is -0.523. The van der Waals surface area contributed by atoms with Gasteiger partial charge < -0.3 is 5.73 Å². The van der Waals surface area contributed by atoms with Crippen LogP contribution in [0.3, 0.4) is 0 Å². The van der Waals surface area contributed by atoms with Crippen molar-refractivity contribution in [3.8, 4) is 10.4 Å². The van der Waals surface area contributed by atoms with Crippen molar-refractivity contribution in [2.45, 2.75) is 12.4 Å². The van der Waals surface area contributed by atoms with Gasteiger partial charge in [0.1, 0.15) is 0 Å². The number of nitrogens with two attached hydrogens (primary N) is 1. The number of carbonyl (C=O) groups excluding carboxylic acids is 1. The van der Waals surface area contributed by atoms with Gasteiger partial charge in [0.15, 0.2) is 5.78 Å². The molecule has 2 aromatic carbocycles. The second kappa shape index (κ2) is 7.38. The van der Waals surface area contributed by atoms with Crippen LogP contribution in [0.15, 0.2) is 48.5 Å². The van der Waals surface area contributed by atoms with Gasteiger partial charge in [-0.2, -0.15) is 26.3 Å². The topological polar surface area (TPSA) is 43.1 Å². The summed E-state index contributed by atoms with van der Waals surface area (Å²) in [5.41, 5.74) is 2.81. The highest BCUT2D eigenvalue weighted by molar-refractivity contribution is 7.19. The third-order valence-electron chi connectivity index (χ3n) is 3.98. The van der Waals surface area contributed by atoms with Crippen molar-refractivity contribution in [2.75, 3.05) is 5.73 Å². The lowest BCUT2D eigenvalue weighted by molar-refractivity contribution is -0.143. The quantitative estimate of drug-likeness (QED) is 0.348. The first-order valence-corrected chi connectivity index (χ1v) is 9.05. The number of thiophene rings is 1. The van der Waals surface area contributed by atoms with Gasteiger partial charge in [-0.25, -0.2) is 0 Å². The van der Waals surface area contributed by atoms with Crippen molar-refractivity contribution < 1.29 is 31.1 Å². The molecule has 0 aliphatic heterocycles. The molecule has 1 aromatic heterocycles. The smallest absolute Gasteiger partial charge is 0.390 e. The lowest BCUT2D eigenvalue weighted by Crippen LogP contribution is -2.10. The zero-order chi connectivity index (χ0) is 21.6. The van der Waals surface area contributed by atoms with Crippen LogP contribution in [-0.4, -0.2) is 5.78 Å². The molecule has 1 heterocycles. The fourth-order valence-corrected chi connectivity index (χ4v) is 3.62. The predicted molar refractivity (Wildman–Crippen MR) is 99.1 cm³/mol. The Balaban J connectivity index is 2.09. The summed E-state index contributed by atoms with van der Waals surface area (Å²) in [6.45, 7) is 0. The molecule has 29 heavy (non-hydrogen) atoms. The fraction of sp³-hybridized carbons (Fsp3) is 0.105. The van der Waals surface area contributed by atoms with Crippen LogP contribution in [0.2, 0.25) is 5.02 Å². The minimum atomic E-state index is -4.97. The highest BCUT2D eigenvalue weighted by Gasteiger charge is 2.37. The van der Waals surface area contributed by atoms with Gasteiger partial charge in [0.05, 0.1) is 21.7 Å². The summed E-state index contributed by atoms with van der Waals surface area (Å²) < 4.78 is 78.4. The molecule has 2 N–H and O–H groups in total. The van der Waals surface area contributed by atoms with Crippen molar-refractivity contribution in [1.29, 1.82) is 0 Å².